The van der Waals surface area contributed by atoms with Crippen molar-refractivity contribution in [3.63, 3.8) is 0 Å². The number of anilines is 1. The van der Waals surface area contributed by atoms with E-state index in [4.69, 9.17) is 4.74 Å². The molecule has 0 aromatic heterocycles. The molecule has 156 valence electrons. The van der Waals surface area contributed by atoms with E-state index in [0.717, 1.165) is 18.4 Å². The number of amides is 1. The number of benzene rings is 2. The lowest BCUT2D eigenvalue weighted by Crippen LogP contribution is -2.28. The monoisotopic (exact) mass is 418 g/mol. The number of carbonyl (C=O) groups excluding carboxylic acids is 2. The highest BCUT2D eigenvalue weighted by molar-refractivity contribution is 7.89. The third-order valence-electron chi connectivity index (χ3n) is 4.29. The Balaban J connectivity index is 1.91. The molecule has 29 heavy (non-hydrogen) atoms. The molecule has 0 atom stereocenters. The zero-order valence-corrected chi connectivity index (χ0v) is 17.7. The van der Waals surface area contributed by atoms with Gasteiger partial charge < -0.3 is 10.1 Å². The van der Waals surface area contributed by atoms with E-state index >= 15 is 0 Å². The summed E-state index contributed by atoms with van der Waals surface area (Å²) in [6.45, 7) is 3.91. The van der Waals surface area contributed by atoms with Crippen LogP contribution in [0.3, 0.4) is 0 Å². The minimum absolute atomic E-state index is 0.153. The highest BCUT2D eigenvalue weighted by Crippen LogP contribution is 2.18. The van der Waals surface area contributed by atoms with Gasteiger partial charge in [-0.25, -0.2) is 17.5 Å². The number of hydrogen-bond acceptors (Lipinski definition) is 5. The molecule has 0 heterocycles. The fourth-order valence-electron chi connectivity index (χ4n) is 2.49. The van der Waals surface area contributed by atoms with E-state index < -0.39 is 28.5 Å². The van der Waals surface area contributed by atoms with E-state index in [1.807, 2.05) is 13.8 Å². The first-order valence-corrected chi connectivity index (χ1v) is 10.8. The maximum absolute atomic E-state index is 12.5. The summed E-state index contributed by atoms with van der Waals surface area (Å²) in [5, 5.41) is 2.58. The predicted octanol–water partition coefficient (Wildman–Crippen LogP) is 3.21. The van der Waals surface area contributed by atoms with Gasteiger partial charge in [0.15, 0.2) is 6.61 Å². The van der Waals surface area contributed by atoms with Crippen molar-refractivity contribution in [2.24, 2.45) is 0 Å². The average molecular weight is 419 g/mol. The molecule has 0 spiro atoms. The molecule has 0 radical (unpaired) electrons. The minimum atomic E-state index is -3.56. The third kappa shape index (κ3) is 6.40. The molecule has 7 nitrogen and oxygen atoms in total. The zero-order valence-electron chi connectivity index (χ0n) is 16.8. The van der Waals surface area contributed by atoms with Gasteiger partial charge in [0.1, 0.15) is 0 Å². The molecular formula is C21H26N2O5S. The van der Waals surface area contributed by atoms with Gasteiger partial charge in [0.2, 0.25) is 10.0 Å². The van der Waals surface area contributed by atoms with E-state index in [9.17, 15) is 18.0 Å². The van der Waals surface area contributed by atoms with Gasteiger partial charge in [0.05, 0.1) is 10.5 Å². The predicted molar refractivity (Wildman–Crippen MR) is 111 cm³/mol. The Morgan fingerprint density at radius 3 is 2.24 bits per heavy atom. The molecule has 0 bridgehead atoms. The van der Waals surface area contributed by atoms with Gasteiger partial charge in [0.25, 0.3) is 5.91 Å². The standard InChI is InChI=1S/C21H26N2O5S/c1-4-5-14-23(3)29(26,27)19-12-10-18(11-13-19)22-20(24)15-28-21(25)17-8-6-16(2)7-9-17/h6-13H,4-5,14-15H2,1-3H3,(H,22,24). The van der Waals surface area contributed by atoms with Crippen LogP contribution in [0, 0.1) is 6.92 Å². The first-order chi connectivity index (χ1) is 13.7. The Morgan fingerprint density at radius 1 is 1.03 bits per heavy atom. The molecule has 8 heteroatoms. The molecule has 0 saturated heterocycles. The quantitative estimate of drug-likeness (QED) is 0.631. The van der Waals surface area contributed by atoms with Crippen LogP contribution in [0.4, 0.5) is 5.69 Å². The van der Waals surface area contributed by atoms with E-state index in [0.29, 0.717) is 17.8 Å². The number of nitrogens with one attached hydrogen (secondary N) is 1. The van der Waals surface area contributed by atoms with Crippen molar-refractivity contribution in [2.75, 3.05) is 25.5 Å². The SMILES string of the molecule is CCCCN(C)S(=O)(=O)c1ccc(NC(=O)COC(=O)c2ccc(C)cc2)cc1. The Morgan fingerprint density at radius 2 is 1.66 bits per heavy atom. The van der Waals surface area contributed by atoms with Crippen molar-refractivity contribution in [3.05, 3.63) is 59.7 Å². The lowest BCUT2D eigenvalue weighted by atomic mass is 10.1. The minimum Gasteiger partial charge on any atom is -0.452 e. The maximum Gasteiger partial charge on any atom is 0.338 e. The first-order valence-electron chi connectivity index (χ1n) is 9.34. The van der Waals surface area contributed by atoms with Crippen LogP contribution in [0.5, 0.6) is 0 Å². The van der Waals surface area contributed by atoms with Crippen molar-refractivity contribution in [2.45, 2.75) is 31.6 Å². The van der Waals surface area contributed by atoms with Gasteiger partial charge in [-0.15, -0.1) is 0 Å². The molecule has 0 aliphatic heterocycles. The average Bonchev–Trinajstić information content (AvgIpc) is 2.71. The van der Waals surface area contributed by atoms with Gasteiger partial charge >= 0.3 is 5.97 Å². The zero-order chi connectivity index (χ0) is 21.4. The number of aryl methyl sites for hydroxylation is 1. The topological polar surface area (TPSA) is 92.8 Å². The number of nitrogens with zero attached hydrogens (tertiary/aromatic N) is 1. The number of ether oxygens (including phenoxy) is 1. The van der Waals surface area contributed by atoms with E-state index in [1.54, 1.807) is 31.3 Å². The molecule has 0 aliphatic rings. The van der Waals surface area contributed by atoms with E-state index in [-0.39, 0.29) is 4.90 Å². The van der Waals surface area contributed by atoms with Gasteiger partial charge in [-0.1, -0.05) is 31.0 Å². The molecule has 0 saturated carbocycles. The van der Waals surface area contributed by atoms with Gasteiger partial charge in [-0.3, -0.25) is 4.79 Å². The Hall–Kier alpha value is -2.71. The number of sulfonamides is 1. The summed E-state index contributed by atoms with van der Waals surface area (Å²) >= 11 is 0. The van der Waals surface area contributed by atoms with E-state index in [1.165, 1.54) is 28.6 Å². The molecule has 0 fully saturated rings. The molecule has 1 amide bonds. The lowest BCUT2D eigenvalue weighted by Gasteiger charge is -2.17. The fourth-order valence-corrected chi connectivity index (χ4v) is 3.70. The summed E-state index contributed by atoms with van der Waals surface area (Å²) < 4.78 is 31.3. The summed E-state index contributed by atoms with van der Waals surface area (Å²) in [7, 11) is -2.02. The van der Waals surface area contributed by atoms with Crippen molar-refractivity contribution < 1.29 is 22.7 Å². The van der Waals surface area contributed by atoms with Crippen LogP contribution in [0.2, 0.25) is 0 Å². The van der Waals surface area contributed by atoms with Crippen LogP contribution in [0.15, 0.2) is 53.4 Å². The summed E-state index contributed by atoms with van der Waals surface area (Å²) in [6.07, 6.45) is 1.69. The van der Waals surface area contributed by atoms with Crippen LogP contribution in [-0.4, -0.2) is 44.8 Å². The van der Waals surface area contributed by atoms with Gasteiger partial charge in [-0.05, 0) is 49.7 Å². The highest BCUT2D eigenvalue weighted by Gasteiger charge is 2.20. The summed E-state index contributed by atoms with van der Waals surface area (Å²) in [5.41, 5.74) is 1.79. The number of unbranched alkanes of at least 4 members (excludes halogenated alkanes) is 1. The normalized spacial score (nSPS) is 11.3. The molecule has 2 aromatic rings. The van der Waals surface area contributed by atoms with Crippen LogP contribution < -0.4 is 5.32 Å². The van der Waals surface area contributed by atoms with Crippen molar-refractivity contribution in [3.8, 4) is 0 Å². The Labute approximate surface area is 171 Å². The highest BCUT2D eigenvalue weighted by atomic mass is 32.2. The molecular weight excluding hydrogens is 392 g/mol. The van der Waals surface area contributed by atoms with Gasteiger partial charge in [0, 0.05) is 19.3 Å². The first kappa shape index (κ1) is 22.6. The second-order valence-corrected chi connectivity index (χ2v) is 8.74. The number of esters is 1. The molecule has 0 aliphatic carbocycles. The van der Waals surface area contributed by atoms with Gasteiger partial charge in [-0.2, -0.15) is 0 Å². The lowest BCUT2D eigenvalue weighted by molar-refractivity contribution is -0.119. The van der Waals surface area contributed by atoms with Crippen molar-refractivity contribution in [1.82, 2.24) is 4.31 Å². The maximum atomic E-state index is 12.5. The smallest absolute Gasteiger partial charge is 0.338 e. The number of carbonyl (C=O) groups is 2. The number of hydrogen-bond donors (Lipinski definition) is 1. The summed E-state index contributed by atoms with van der Waals surface area (Å²) in [6, 6.07) is 12.7. The molecule has 1 N–H and O–H groups in total. The van der Waals surface area contributed by atoms with Crippen LogP contribution in [0.25, 0.3) is 0 Å². The molecule has 2 rings (SSSR count). The van der Waals surface area contributed by atoms with Crippen molar-refractivity contribution in [1.29, 1.82) is 0 Å². The number of rotatable bonds is 9. The molecule has 2 aromatic carbocycles. The van der Waals surface area contributed by atoms with Crippen molar-refractivity contribution >= 4 is 27.6 Å². The van der Waals surface area contributed by atoms with Crippen LogP contribution in [-0.2, 0) is 19.6 Å². The largest absolute Gasteiger partial charge is 0.452 e. The Kier molecular flexibility index (Phi) is 7.92. The second-order valence-electron chi connectivity index (χ2n) is 6.69. The van der Waals surface area contributed by atoms with Crippen LogP contribution in [0.1, 0.15) is 35.7 Å². The Bertz CT molecular complexity index is 938. The second kappa shape index (κ2) is 10.2. The third-order valence-corrected chi connectivity index (χ3v) is 6.17. The summed E-state index contributed by atoms with van der Waals surface area (Å²) in [5.74, 6) is -1.10. The molecule has 0 unspecified atom stereocenters. The van der Waals surface area contributed by atoms with Crippen LogP contribution >= 0.6 is 0 Å². The fraction of sp³-hybridized carbons (Fsp3) is 0.333. The van der Waals surface area contributed by atoms with E-state index in [2.05, 4.69) is 5.32 Å². The summed E-state index contributed by atoms with van der Waals surface area (Å²) in [4.78, 5) is 24.1.